The number of aromatic nitrogens is 2. The van der Waals surface area contributed by atoms with Gasteiger partial charge in [-0.05, 0) is 28.2 Å². The number of H-pyrrole nitrogens is 1. The zero-order valence-corrected chi connectivity index (χ0v) is 20.6. The number of hydrogen-bond acceptors (Lipinski definition) is 5. The molecule has 3 N–H and O–H groups in total. The average Bonchev–Trinajstić information content (AvgIpc) is 2.82. The van der Waals surface area contributed by atoms with Gasteiger partial charge in [0, 0.05) is 13.2 Å². The third kappa shape index (κ3) is 6.36. The molecule has 35 heavy (non-hydrogen) atoms. The highest BCUT2D eigenvalue weighted by atomic mass is 16.5. The summed E-state index contributed by atoms with van der Waals surface area (Å²) in [6.45, 7) is 6.86. The molecule has 0 atom stereocenters. The van der Waals surface area contributed by atoms with Gasteiger partial charge in [-0.15, -0.1) is 0 Å². The minimum atomic E-state index is -0.728. The number of nitrogens with one attached hydrogen (secondary N) is 1. The van der Waals surface area contributed by atoms with Crippen molar-refractivity contribution >= 4 is 23.5 Å². The van der Waals surface area contributed by atoms with E-state index < -0.39 is 17.2 Å². The van der Waals surface area contributed by atoms with Crippen LogP contribution in [0.5, 0.6) is 0 Å². The Morgan fingerprint density at radius 1 is 1.09 bits per heavy atom. The third-order valence-corrected chi connectivity index (χ3v) is 5.65. The lowest BCUT2D eigenvalue weighted by Gasteiger charge is -2.23. The van der Waals surface area contributed by atoms with Crippen LogP contribution in [0.1, 0.15) is 37.5 Å². The summed E-state index contributed by atoms with van der Waals surface area (Å²) < 4.78 is 6.24. The molecular formula is C27H32N4O4. The molecule has 0 aliphatic rings. The van der Waals surface area contributed by atoms with Crippen LogP contribution in [0.4, 0.5) is 11.5 Å². The SMILES string of the molecule is COCCn1c(N)c(N(Cc2ccccc2)C(=O)/C=C/c2ccc(C(C)(C)C)cc2)c(=O)[nH]c1=O. The second-order valence-corrected chi connectivity index (χ2v) is 9.25. The molecule has 0 aliphatic carbocycles. The van der Waals surface area contributed by atoms with Gasteiger partial charge in [0.2, 0.25) is 0 Å². The van der Waals surface area contributed by atoms with Crippen LogP contribution in [0, 0.1) is 0 Å². The number of methoxy groups -OCH3 is 1. The molecule has 2 aromatic carbocycles. The van der Waals surface area contributed by atoms with E-state index >= 15 is 0 Å². The Morgan fingerprint density at radius 3 is 2.34 bits per heavy atom. The summed E-state index contributed by atoms with van der Waals surface area (Å²) in [5, 5.41) is 0. The molecule has 8 nitrogen and oxygen atoms in total. The summed E-state index contributed by atoms with van der Waals surface area (Å²) in [6.07, 6.45) is 3.09. The lowest BCUT2D eigenvalue weighted by Crippen LogP contribution is -2.40. The van der Waals surface area contributed by atoms with E-state index in [-0.39, 0.29) is 36.6 Å². The number of ether oxygens (including phenoxy) is 1. The van der Waals surface area contributed by atoms with Gasteiger partial charge in [-0.25, -0.2) is 4.79 Å². The van der Waals surface area contributed by atoms with E-state index in [1.807, 2.05) is 54.6 Å². The van der Waals surface area contributed by atoms with Gasteiger partial charge in [0.25, 0.3) is 11.5 Å². The molecule has 0 fully saturated rings. The number of hydrogen-bond donors (Lipinski definition) is 2. The van der Waals surface area contributed by atoms with Crippen molar-refractivity contribution in [2.45, 2.75) is 39.3 Å². The van der Waals surface area contributed by atoms with Crippen molar-refractivity contribution in [1.82, 2.24) is 9.55 Å². The number of anilines is 2. The summed E-state index contributed by atoms with van der Waals surface area (Å²) in [7, 11) is 1.50. The molecule has 1 amide bonds. The molecular weight excluding hydrogens is 444 g/mol. The number of benzene rings is 2. The van der Waals surface area contributed by atoms with Gasteiger partial charge < -0.3 is 10.5 Å². The molecule has 0 aliphatic heterocycles. The second-order valence-electron chi connectivity index (χ2n) is 9.25. The predicted molar refractivity (Wildman–Crippen MR) is 139 cm³/mol. The van der Waals surface area contributed by atoms with Gasteiger partial charge in [-0.1, -0.05) is 75.4 Å². The van der Waals surface area contributed by atoms with E-state index in [2.05, 4.69) is 25.8 Å². The molecule has 1 heterocycles. The van der Waals surface area contributed by atoms with E-state index in [9.17, 15) is 14.4 Å². The highest BCUT2D eigenvalue weighted by Gasteiger charge is 2.23. The van der Waals surface area contributed by atoms with Crippen LogP contribution in [-0.4, -0.2) is 29.2 Å². The lowest BCUT2D eigenvalue weighted by molar-refractivity contribution is -0.114. The second kappa shape index (κ2) is 11.0. The molecule has 184 valence electrons. The highest BCUT2D eigenvalue weighted by molar-refractivity contribution is 6.05. The molecule has 1 aromatic heterocycles. The smallest absolute Gasteiger partial charge is 0.330 e. The van der Waals surface area contributed by atoms with E-state index in [0.717, 1.165) is 11.1 Å². The first-order valence-electron chi connectivity index (χ1n) is 11.4. The maximum absolute atomic E-state index is 13.4. The van der Waals surface area contributed by atoms with Crippen LogP contribution in [-0.2, 0) is 28.0 Å². The number of carbonyl (C=O) groups excluding carboxylic acids is 1. The largest absolute Gasteiger partial charge is 0.383 e. The Hall–Kier alpha value is -3.91. The van der Waals surface area contributed by atoms with Crippen LogP contribution >= 0.6 is 0 Å². The van der Waals surface area contributed by atoms with Crippen molar-refractivity contribution < 1.29 is 9.53 Å². The Kier molecular flexibility index (Phi) is 8.09. The van der Waals surface area contributed by atoms with E-state index in [1.54, 1.807) is 6.08 Å². The molecule has 0 bridgehead atoms. The van der Waals surface area contributed by atoms with Crippen molar-refractivity contribution in [3.05, 3.63) is 98.2 Å². The van der Waals surface area contributed by atoms with Gasteiger partial charge in [-0.2, -0.15) is 0 Å². The standard InChI is InChI=1S/C27H32N4O4/c1-27(2,3)21-13-10-19(11-14-21)12-15-22(32)31(18-20-8-6-5-7-9-20)23-24(28)30(16-17-35-4)26(34)29-25(23)33/h5-15H,16-18,28H2,1-4H3,(H,29,33,34)/b15-12+. The number of nitrogens with zero attached hydrogens (tertiary/aromatic N) is 2. The Bertz CT molecular complexity index is 1300. The molecule has 8 heteroatoms. The number of rotatable bonds is 8. The van der Waals surface area contributed by atoms with E-state index in [0.29, 0.717) is 0 Å². The summed E-state index contributed by atoms with van der Waals surface area (Å²) in [5.74, 6) is -0.536. The maximum atomic E-state index is 13.4. The summed E-state index contributed by atoms with van der Waals surface area (Å²) >= 11 is 0. The maximum Gasteiger partial charge on any atom is 0.330 e. The van der Waals surface area contributed by atoms with Gasteiger partial charge in [0.1, 0.15) is 5.82 Å². The number of aromatic amines is 1. The van der Waals surface area contributed by atoms with Crippen LogP contribution in [0.15, 0.2) is 70.3 Å². The topological polar surface area (TPSA) is 110 Å². The minimum Gasteiger partial charge on any atom is -0.383 e. The third-order valence-electron chi connectivity index (χ3n) is 5.65. The van der Waals surface area contributed by atoms with Gasteiger partial charge in [0.15, 0.2) is 5.69 Å². The first-order valence-corrected chi connectivity index (χ1v) is 11.4. The van der Waals surface area contributed by atoms with Crippen molar-refractivity contribution in [2.24, 2.45) is 0 Å². The highest BCUT2D eigenvalue weighted by Crippen LogP contribution is 2.23. The minimum absolute atomic E-state index is 0.0228. The zero-order chi connectivity index (χ0) is 25.6. The monoisotopic (exact) mass is 476 g/mol. The molecule has 0 saturated carbocycles. The van der Waals surface area contributed by atoms with Crippen LogP contribution in [0.25, 0.3) is 6.08 Å². The Balaban J connectivity index is 2.01. The number of amides is 1. The molecule has 3 aromatic rings. The molecule has 0 spiro atoms. The number of nitrogens with two attached hydrogens (primary N) is 1. The van der Waals surface area contributed by atoms with E-state index in [1.165, 1.54) is 28.2 Å². The number of carbonyl (C=O) groups is 1. The van der Waals surface area contributed by atoms with Gasteiger partial charge in [-0.3, -0.25) is 24.0 Å². The zero-order valence-electron chi connectivity index (χ0n) is 20.6. The first-order chi connectivity index (χ1) is 16.6. The fourth-order valence-corrected chi connectivity index (χ4v) is 3.63. The fourth-order valence-electron chi connectivity index (χ4n) is 3.63. The first kappa shape index (κ1) is 25.7. The summed E-state index contributed by atoms with van der Waals surface area (Å²) in [6, 6.07) is 17.2. The van der Waals surface area contributed by atoms with Gasteiger partial charge >= 0.3 is 5.69 Å². The van der Waals surface area contributed by atoms with Gasteiger partial charge in [0.05, 0.1) is 19.7 Å². The van der Waals surface area contributed by atoms with Crippen molar-refractivity contribution in [1.29, 1.82) is 0 Å². The van der Waals surface area contributed by atoms with Crippen LogP contribution < -0.4 is 21.9 Å². The van der Waals surface area contributed by atoms with Crippen LogP contribution in [0.2, 0.25) is 0 Å². The number of nitrogen functional groups attached to an aromatic ring is 1. The molecule has 3 rings (SSSR count). The van der Waals surface area contributed by atoms with Crippen molar-refractivity contribution in [3.8, 4) is 0 Å². The fraction of sp³-hybridized carbons (Fsp3) is 0.296. The quantitative estimate of drug-likeness (QED) is 0.485. The molecule has 0 unspecified atom stereocenters. The summed E-state index contributed by atoms with van der Waals surface area (Å²) in [5.41, 5.74) is 7.64. The average molecular weight is 477 g/mol. The van der Waals surface area contributed by atoms with Crippen LogP contribution in [0.3, 0.4) is 0 Å². The van der Waals surface area contributed by atoms with Crippen molar-refractivity contribution in [3.63, 3.8) is 0 Å². The normalized spacial score (nSPS) is 11.7. The van der Waals surface area contributed by atoms with E-state index in [4.69, 9.17) is 10.5 Å². The molecule has 0 radical (unpaired) electrons. The predicted octanol–water partition coefficient (Wildman–Crippen LogP) is 3.31. The Morgan fingerprint density at radius 2 is 1.74 bits per heavy atom. The van der Waals surface area contributed by atoms with Crippen molar-refractivity contribution in [2.75, 3.05) is 24.4 Å². The lowest BCUT2D eigenvalue weighted by atomic mass is 9.87. The summed E-state index contributed by atoms with van der Waals surface area (Å²) in [4.78, 5) is 42.1. The molecule has 0 saturated heterocycles. The Labute approximate surface area is 204 Å².